The van der Waals surface area contributed by atoms with Crippen molar-refractivity contribution < 1.29 is 13.2 Å². The molecule has 0 saturated carbocycles. The summed E-state index contributed by atoms with van der Waals surface area (Å²) < 4.78 is 32.5. The summed E-state index contributed by atoms with van der Waals surface area (Å²) in [5, 5.41) is 0. The van der Waals surface area contributed by atoms with Crippen molar-refractivity contribution in [1.29, 1.82) is 0 Å². The zero-order chi connectivity index (χ0) is 13.9. The summed E-state index contributed by atoms with van der Waals surface area (Å²) in [7, 11) is -1.99. The highest BCUT2D eigenvalue weighted by atomic mass is 79.9. The molecule has 0 fully saturated rings. The minimum atomic E-state index is -3.54. The monoisotopic (exact) mass is 333 g/mol. The molecule has 0 unspecified atom stereocenters. The van der Waals surface area contributed by atoms with Crippen LogP contribution in [0.4, 0.5) is 0 Å². The number of hydrogen-bond acceptors (Lipinski definition) is 3. The molecule has 0 aliphatic rings. The number of nitrogens with one attached hydrogen (secondary N) is 1. The highest BCUT2D eigenvalue weighted by Gasteiger charge is 2.20. The van der Waals surface area contributed by atoms with Crippen LogP contribution in [0, 0.1) is 13.8 Å². The van der Waals surface area contributed by atoms with E-state index in [0.717, 1.165) is 0 Å². The molecule has 0 radical (unpaired) electrons. The maximum atomic E-state index is 12.2. The Hall–Kier alpha value is -0.850. The highest BCUT2D eigenvalue weighted by Crippen LogP contribution is 2.25. The predicted octanol–water partition coefficient (Wildman–Crippen LogP) is 2.50. The molecule has 0 aliphatic heterocycles. The van der Waals surface area contributed by atoms with E-state index in [1.807, 2.05) is 0 Å². The van der Waals surface area contributed by atoms with E-state index in [0.29, 0.717) is 21.4 Å². The fraction of sp³-hybridized carbons (Fsp3) is 0.333. The van der Waals surface area contributed by atoms with Crippen LogP contribution in [0.5, 0.6) is 5.75 Å². The molecule has 100 valence electrons. The second-order valence-corrected chi connectivity index (χ2v) is 6.76. The standard InChI is InChI=1S/C12H16BrNO3S/c1-8-5-11(17-4)6-9(2)12(8)18(15,16)14-7-10(3)13/h5-6,14H,3,7H2,1-2,4H3. The molecular formula is C12H16BrNO3S. The Balaban J connectivity index is 3.20. The Bertz CT molecular complexity index is 544. The summed E-state index contributed by atoms with van der Waals surface area (Å²) in [6.07, 6.45) is 0. The third-order valence-corrected chi connectivity index (χ3v) is 4.38. The third-order valence-electron chi connectivity index (χ3n) is 2.39. The van der Waals surface area contributed by atoms with Gasteiger partial charge in [0.1, 0.15) is 5.75 Å². The summed E-state index contributed by atoms with van der Waals surface area (Å²) in [5.74, 6) is 0.647. The molecule has 0 aromatic heterocycles. The largest absolute Gasteiger partial charge is 0.497 e. The van der Waals surface area contributed by atoms with Gasteiger partial charge in [-0.2, -0.15) is 0 Å². The lowest BCUT2D eigenvalue weighted by Crippen LogP contribution is -2.26. The van der Waals surface area contributed by atoms with Crippen molar-refractivity contribution in [2.75, 3.05) is 13.7 Å². The number of aryl methyl sites for hydroxylation is 2. The fourth-order valence-corrected chi connectivity index (χ4v) is 3.50. The molecule has 0 amide bonds. The first-order valence-electron chi connectivity index (χ1n) is 5.26. The first kappa shape index (κ1) is 15.2. The van der Waals surface area contributed by atoms with Crippen LogP contribution in [0.2, 0.25) is 0 Å². The number of benzene rings is 1. The van der Waals surface area contributed by atoms with Gasteiger partial charge in [-0.15, -0.1) is 0 Å². The van der Waals surface area contributed by atoms with E-state index in [4.69, 9.17) is 4.74 Å². The highest BCUT2D eigenvalue weighted by molar-refractivity contribution is 9.11. The number of halogens is 1. The normalized spacial score (nSPS) is 11.3. The first-order chi connectivity index (χ1) is 8.27. The van der Waals surface area contributed by atoms with Gasteiger partial charge >= 0.3 is 0 Å². The van der Waals surface area contributed by atoms with Crippen molar-refractivity contribution >= 4 is 26.0 Å². The van der Waals surface area contributed by atoms with E-state index in [-0.39, 0.29) is 11.4 Å². The van der Waals surface area contributed by atoms with Crippen molar-refractivity contribution in [3.05, 3.63) is 34.3 Å². The summed E-state index contributed by atoms with van der Waals surface area (Å²) in [5.41, 5.74) is 1.30. The van der Waals surface area contributed by atoms with Crippen LogP contribution in [0.3, 0.4) is 0 Å². The molecule has 0 heterocycles. The molecule has 1 N–H and O–H groups in total. The lowest BCUT2D eigenvalue weighted by Gasteiger charge is -2.13. The summed E-state index contributed by atoms with van der Waals surface area (Å²) in [4.78, 5) is 0.289. The van der Waals surface area contributed by atoms with E-state index < -0.39 is 10.0 Å². The average molecular weight is 334 g/mol. The minimum absolute atomic E-state index is 0.160. The molecular weight excluding hydrogens is 318 g/mol. The molecule has 0 aliphatic carbocycles. The van der Waals surface area contributed by atoms with Crippen molar-refractivity contribution in [2.24, 2.45) is 0 Å². The van der Waals surface area contributed by atoms with Crippen molar-refractivity contribution in [1.82, 2.24) is 4.72 Å². The minimum Gasteiger partial charge on any atom is -0.497 e. The topological polar surface area (TPSA) is 55.4 Å². The average Bonchev–Trinajstić information content (AvgIpc) is 2.25. The summed E-state index contributed by atoms with van der Waals surface area (Å²) in [6, 6.07) is 3.40. The van der Waals surface area contributed by atoms with Crippen LogP contribution < -0.4 is 9.46 Å². The van der Waals surface area contributed by atoms with Gasteiger partial charge < -0.3 is 4.74 Å². The smallest absolute Gasteiger partial charge is 0.241 e. The van der Waals surface area contributed by atoms with Gasteiger partial charge in [-0.05, 0) is 37.1 Å². The third kappa shape index (κ3) is 3.57. The summed E-state index contributed by atoms with van der Waals surface area (Å²) >= 11 is 3.12. The molecule has 1 rings (SSSR count). The van der Waals surface area contributed by atoms with E-state index in [2.05, 4.69) is 27.2 Å². The number of ether oxygens (including phenoxy) is 1. The van der Waals surface area contributed by atoms with Crippen molar-refractivity contribution in [3.8, 4) is 5.75 Å². The molecule has 0 atom stereocenters. The van der Waals surface area contributed by atoms with Gasteiger partial charge in [0, 0.05) is 11.0 Å². The van der Waals surface area contributed by atoms with Crippen LogP contribution in [0.15, 0.2) is 28.1 Å². The van der Waals surface area contributed by atoms with Gasteiger partial charge in [-0.3, -0.25) is 0 Å². The number of methoxy groups -OCH3 is 1. The van der Waals surface area contributed by atoms with Crippen LogP contribution in [-0.4, -0.2) is 22.1 Å². The second-order valence-electron chi connectivity index (χ2n) is 3.93. The van der Waals surface area contributed by atoms with Crippen LogP contribution in [0.25, 0.3) is 0 Å². The molecule has 0 saturated heterocycles. The summed E-state index contributed by atoms with van der Waals surface area (Å²) in [6.45, 7) is 7.24. The zero-order valence-electron chi connectivity index (χ0n) is 10.6. The van der Waals surface area contributed by atoms with Gasteiger partial charge in [0.25, 0.3) is 0 Å². The quantitative estimate of drug-likeness (QED) is 0.900. The molecule has 18 heavy (non-hydrogen) atoms. The van der Waals surface area contributed by atoms with Gasteiger partial charge in [-0.1, -0.05) is 22.5 Å². The maximum Gasteiger partial charge on any atom is 0.241 e. The molecule has 6 heteroatoms. The Morgan fingerprint density at radius 1 is 1.39 bits per heavy atom. The number of rotatable bonds is 5. The van der Waals surface area contributed by atoms with Gasteiger partial charge in [-0.25, -0.2) is 13.1 Å². The lowest BCUT2D eigenvalue weighted by atomic mass is 10.1. The van der Waals surface area contributed by atoms with E-state index in [1.54, 1.807) is 33.1 Å². The second kappa shape index (κ2) is 5.86. The molecule has 0 bridgehead atoms. The molecule has 0 spiro atoms. The van der Waals surface area contributed by atoms with E-state index in [1.165, 1.54) is 0 Å². The van der Waals surface area contributed by atoms with E-state index >= 15 is 0 Å². The Labute approximate surface area is 116 Å². The van der Waals surface area contributed by atoms with Crippen LogP contribution in [-0.2, 0) is 10.0 Å². The molecule has 4 nitrogen and oxygen atoms in total. The van der Waals surface area contributed by atoms with Gasteiger partial charge in [0.05, 0.1) is 12.0 Å². The molecule has 1 aromatic rings. The Morgan fingerprint density at radius 3 is 2.28 bits per heavy atom. The van der Waals surface area contributed by atoms with Crippen molar-refractivity contribution in [3.63, 3.8) is 0 Å². The fourth-order valence-electron chi connectivity index (χ4n) is 1.70. The Morgan fingerprint density at radius 2 is 1.89 bits per heavy atom. The van der Waals surface area contributed by atoms with E-state index in [9.17, 15) is 8.42 Å². The SMILES string of the molecule is C=C(Br)CNS(=O)(=O)c1c(C)cc(OC)cc1C. The van der Waals surface area contributed by atoms with Crippen LogP contribution in [0.1, 0.15) is 11.1 Å². The van der Waals surface area contributed by atoms with Gasteiger partial charge in [0.15, 0.2) is 0 Å². The van der Waals surface area contributed by atoms with Crippen molar-refractivity contribution in [2.45, 2.75) is 18.7 Å². The Kier molecular flexibility index (Phi) is 4.95. The zero-order valence-corrected chi connectivity index (χ0v) is 13.0. The lowest BCUT2D eigenvalue weighted by molar-refractivity contribution is 0.413. The number of hydrogen-bond donors (Lipinski definition) is 1. The molecule has 1 aromatic carbocycles. The predicted molar refractivity (Wildman–Crippen MR) is 75.7 cm³/mol. The number of sulfonamides is 1. The maximum absolute atomic E-state index is 12.2. The first-order valence-corrected chi connectivity index (χ1v) is 7.53. The van der Waals surface area contributed by atoms with Gasteiger partial charge in [0.2, 0.25) is 10.0 Å². The van der Waals surface area contributed by atoms with Crippen LogP contribution >= 0.6 is 15.9 Å².